The largest absolute Gasteiger partial charge is 0.490 e. The van der Waals surface area contributed by atoms with Crippen LogP contribution in [0.5, 0.6) is 11.5 Å². The molecule has 0 aliphatic carbocycles. The molecule has 0 unspecified atom stereocenters. The number of hydrogen-bond donors (Lipinski definition) is 0. The van der Waals surface area contributed by atoms with Crippen LogP contribution in [0.25, 0.3) is 0 Å². The van der Waals surface area contributed by atoms with E-state index < -0.39 is 11.9 Å². The summed E-state index contributed by atoms with van der Waals surface area (Å²) in [4.78, 5) is 24.6. The Morgan fingerprint density at radius 2 is 1.56 bits per heavy atom. The monoisotopic (exact) mass is 496 g/mol. The van der Waals surface area contributed by atoms with Crippen LogP contribution in [0.2, 0.25) is 0 Å². The molecule has 166 valence electrons. The van der Waals surface area contributed by atoms with E-state index in [0.29, 0.717) is 33.7 Å². The molecule has 0 aliphatic rings. The lowest BCUT2D eigenvalue weighted by Crippen LogP contribution is -2.10. The second-order valence-corrected chi connectivity index (χ2v) is 8.31. The highest BCUT2D eigenvalue weighted by Gasteiger charge is 2.13. The van der Waals surface area contributed by atoms with E-state index >= 15 is 0 Å². The van der Waals surface area contributed by atoms with Crippen molar-refractivity contribution >= 4 is 27.9 Å². The standard InChI is InChI=1S/C26H25BrO5/c1-18(2)31-24-15-12-21(17-23(24)27)26(29)32-22-13-10-20(11-14-22)25(28)30-16-6-9-19-7-4-3-5-8-19/h3-5,7-8,10-15,17-18H,6,9,16H2,1-2H3. The molecule has 0 heterocycles. The molecule has 6 heteroatoms. The maximum atomic E-state index is 12.4. The first-order valence-electron chi connectivity index (χ1n) is 10.4. The smallest absolute Gasteiger partial charge is 0.343 e. The average molecular weight is 497 g/mol. The van der Waals surface area contributed by atoms with Crippen LogP contribution >= 0.6 is 15.9 Å². The van der Waals surface area contributed by atoms with Gasteiger partial charge in [-0.05, 0) is 90.6 Å². The van der Waals surface area contributed by atoms with Crippen molar-refractivity contribution in [2.45, 2.75) is 32.8 Å². The van der Waals surface area contributed by atoms with Gasteiger partial charge in [0.2, 0.25) is 0 Å². The van der Waals surface area contributed by atoms with E-state index in [-0.39, 0.29) is 6.10 Å². The van der Waals surface area contributed by atoms with Crippen LogP contribution < -0.4 is 9.47 Å². The van der Waals surface area contributed by atoms with Gasteiger partial charge < -0.3 is 14.2 Å². The van der Waals surface area contributed by atoms with E-state index in [1.807, 2.05) is 44.2 Å². The third-order valence-electron chi connectivity index (χ3n) is 4.52. The van der Waals surface area contributed by atoms with Gasteiger partial charge in [0, 0.05) is 0 Å². The number of hydrogen-bond acceptors (Lipinski definition) is 5. The van der Waals surface area contributed by atoms with E-state index in [1.54, 1.807) is 42.5 Å². The number of rotatable bonds is 9. The number of benzene rings is 3. The van der Waals surface area contributed by atoms with Gasteiger partial charge in [0.15, 0.2) is 0 Å². The SMILES string of the molecule is CC(C)Oc1ccc(C(=O)Oc2ccc(C(=O)OCCCc3ccccc3)cc2)cc1Br. The maximum Gasteiger partial charge on any atom is 0.343 e. The normalized spacial score (nSPS) is 10.6. The predicted octanol–water partition coefficient (Wildman–Crippen LogP) is 6.25. The Kier molecular flexibility index (Phi) is 8.45. The molecule has 0 saturated carbocycles. The Bertz CT molecular complexity index is 1050. The summed E-state index contributed by atoms with van der Waals surface area (Å²) in [5, 5.41) is 0. The van der Waals surface area contributed by atoms with Crippen LogP contribution in [0.4, 0.5) is 0 Å². The first-order chi connectivity index (χ1) is 15.4. The van der Waals surface area contributed by atoms with Gasteiger partial charge in [-0.2, -0.15) is 0 Å². The van der Waals surface area contributed by atoms with E-state index in [0.717, 1.165) is 12.8 Å². The number of esters is 2. The molecule has 0 atom stereocenters. The predicted molar refractivity (Wildman–Crippen MR) is 126 cm³/mol. The summed E-state index contributed by atoms with van der Waals surface area (Å²) in [5.74, 6) is 0.0936. The second-order valence-electron chi connectivity index (χ2n) is 7.45. The maximum absolute atomic E-state index is 12.4. The van der Waals surface area contributed by atoms with Crippen LogP contribution in [0.3, 0.4) is 0 Å². The first-order valence-corrected chi connectivity index (χ1v) is 11.2. The van der Waals surface area contributed by atoms with Crippen molar-refractivity contribution in [3.05, 3.63) is 94.0 Å². The fourth-order valence-corrected chi connectivity index (χ4v) is 3.44. The summed E-state index contributed by atoms with van der Waals surface area (Å²) < 4.78 is 17.1. The molecule has 5 nitrogen and oxygen atoms in total. The van der Waals surface area contributed by atoms with Crippen molar-refractivity contribution in [3.8, 4) is 11.5 Å². The van der Waals surface area contributed by atoms with Crippen molar-refractivity contribution in [2.75, 3.05) is 6.61 Å². The van der Waals surface area contributed by atoms with Crippen LogP contribution in [-0.2, 0) is 11.2 Å². The molecule has 0 bridgehead atoms. The lowest BCUT2D eigenvalue weighted by molar-refractivity contribution is 0.0500. The summed E-state index contributed by atoms with van der Waals surface area (Å²) in [6.45, 7) is 4.20. The number of ether oxygens (including phenoxy) is 3. The molecular weight excluding hydrogens is 472 g/mol. The number of carbonyl (C=O) groups excluding carboxylic acids is 2. The lowest BCUT2D eigenvalue weighted by atomic mass is 10.1. The summed E-state index contributed by atoms with van der Waals surface area (Å²) >= 11 is 3.41. The second kappa shape index (κ2) is 11.5. The summed E-state index contributed by atoms with van der Waals surface area (Å²) in [6.07, 6.45) is 1.63. The van der Waals surface area contributed by atoms with Gasteiger partial charge in [-0.25, -0.2) is 9.59 Å². The molecule has 0 N–H and O–H groups in total. The Morgan fingerprint density at radius 3 is 2.22 bits per heavy atom. The van der Waals surface area contributed by atoms with Gasteiger partial charge in [-0.1, -0.05) is 30.3 Å². The molecular formula is C26H25BrO5. The molecule has 0 amide bonds. The van der Waals surface area contributed by atoms with E-state index in [9.17, 15) is 9.59 Å². The first kappa shape index (κ1) is 23.5. The van der Waals surface area contributed by atoms with Gasteiger partial charge in [0.1, 0.15) is 11.5 Å². The minimum atomic E-state index is -0.502. The summed E-state index contributed by atoms with van der Waals surface area (Å²) in [6, 6.07) is 21.4. The number of carbonyl (C=O) groups is 2. The molecule has 0 saturated heterocycles. The molecule has 0 spiro atoms. The number of aryl methyl sites for hydroxylation is 1. The van der Waals surface area contributed by atoms with Crippen molar-refractivity contribution in [3.63, 3.8) is 0 Å². The van der Waals surface area contributed by atoms with Crippen molar-refractivity contribution in [1.29, 1.82) is 0 Å². The zero-order chi connectivity index (χ0) is 22.9. The lowest BCUT2D eigenvalue weighted by Gasteiger charge is -2.12. The number of halogens is 1. The Labute approximate surface area is 196 Å². The molecule has 3 aromatic rings. The summed E-state index contributed by atoms with van der Waals surface area (Å²) in [7, 11) is 0. The minimum absolute atomic E-state index is 0.0261. The van der Waals surface area contributed by atoms with Gasteiger partial charge in [-0.3, -0.25) is 0 Å². The van der Waals surface area contributed by atoms with Crippen LogP contribution in [-0.4, -0.2) is 24.6 Å². The molecule has 3 aromatic carbocycles. The molecule has 0 radical (unpaired) electrons. The molecule has 0 aromatic heterocycles. The molecule has 32 heavy (non-hydrogen) atoms. The topological polar surface area (TPSA) is 61.8 Å². The van der Waals surface area contributed by atoms with Gasteiger partial charge >= 0.3 is 11.9 Å². The van der Waals surface area contributed by atoms with E-state index in [4.69, 9.17) is 14.2 Å². The van der Waals surface area contributed by atoms with Crippen LogP contribution in [0.15, 0.2) is 77.3 Å². The highest BCUT2D eigenvalue weighted by Crippen LogP contribution is 2.27. The van der Waals surface area contributed by atoms with Gasteiger partial charge in [-0.15, -0.1) is 0 Å². The van der Waals surface area contributed by atoms with Crippen LogP contribution in [0, 0.1) is 0 Å². The van der Waals surface area contributed by atoms with Gasteiger partial charge in [0.25, 0.3) is 0 Å². The Morgan fingerprint density at radius 1 is 0.875 bits per heavy atom. The fourth-order valence-electron chi connectivity index (χ4n) is 2.97. The van der Waals surface area contributed by atoms with Gasteiger partial charge in [0.05, 0.1) is 28.3 Å². The Hall–Kier alpha value is -3.12. The quantitative estimate of drug-likeness (QED) is 0.199. The van der Waals surface area contributed by atoms with Crippen molar-refractivity contribution < 1.29 is 23.8 Å². The van der Waals surface area contributed by atoms with Crippen molar-refractivity contribution in [2.24, 2.45) is 0 Å². The Balaban J connectivity index is 1.50. The summed E-state index contributed by atoms with van der Waals surface area (Å²) in [5.41, 5.74) is 2.00. The molecule has 3 rings (SSSR count). The zero-order valence-electron chi connectivity index (χ0n) is 18.0. The zero-order valence-corrected chi connectivity index (χ0v) is 19.6. The third-order valence-corrected chi connectivity index (χ3v) is 5.14. The van der Waals surface area contributed by atoms with Crippen LogP contribution in [0.1, 0.15) is 46.5 Å². The minimum Gasteiger partial charge on any atom is -0.490 e. The molecule has 0 aliphatic heterocycles. The average Bonchev–Trinajstić information content (AvgIpc) is 2.79. The van der Waals surface area contributed by atoms with E-state index in [2.05, 4.69) is 15.9 Å². The third kappa shape index (κ3) is 6.95. The highest BCUT2D eigenvalue weighted by molar-refractivity contribution is 9.10. The fraction of sp³-hybridized carbons (Fsp3) is 0.231. The highest BCUT2D eigenvalue weighted by atomic mass is 79.9. The molecule has 0 fully saturated rings. The van der Waals surface area contributed by atoms with Crippen molar-refractivity contribution in [1.82, 2.24) is 0 Å². The van der Waals surface area contributed by atoms with E-state index in [1.165, 1.54) is 5.56 Å².